The quantitative estimate of drug-likeness (QED) is 0.792. The largest absolute Gasteiger partial charge is 0.506 e. The van der Waals surface area contributed by atoms with Crippen molar-refractivity contribution in [3.05, 3.63) is 28.0 Å². The first-order valence-electron chi connectivity index (χ1n) is 3.39. The highest BCUT2D eigenvalue weighted by Crippen LogP contribution is 2.31. The minimum absolute atomic E-state index is 0.0781. The Morgan fingerprint density at radius 2 is 2.23 bits per heavy atom. The molecule has 13 heavy (non-hydrogen) atoms. The van der Waals surface area contributed by atoms with Crippen molar-refractivity contribution < 1.29 is 9.50 Å². The molecule has 0 heterocycles. The van der Waals surface area contributed by atoms with E-state index >= 15 is 0 Å². The van der Waals surface area contributed by atoms with Crippen molar-refractivity contribution in [2.45, 2.75) is 6.04 Å². The maximum Gasteiger partial charge on any atom is 0.135 e. The van der Waals surface area contributed by atoms with Gasteiger partial charge in [0, 0.05) is 5.56 Å². The third kappa shape index (κ3) is 1.97. The molecule has 68 valence electrons. The van der Waals surface area contributed by atoms with E-state index in [4.69, 9.17) is 11.0 Å². The monoisotopic (exact) mass is 244 g/mol. The van der Waals surface area contributed by atoms with Crippen LogP contribution in [-0.4, -0.2) is 5.11 Å². The number of nitrogens with two attached hydrogens (primary N) is 1. The highest BCUT2D eigenvalue weighted by Gasteiger charge is 2.14. The highest BCUT2D eigenvalue weighted by molar-refractivity contribution is 9.10. The first-order valence-corrected chi connectivity index (χ1v) is 4.18. The van der Waals surface area contributed by atoms with E-state index in [9.17, 15) is 9.50 Å². The fraction of sp³-hybridized carbons (Fsp3) is 0.125. The van der Waals surface area contributed by atoms with Crippen LogP contribution >= 0.6 is 15.9 Å². The summed E-state index contributed by atoms with van der Waals surface area (Å²) in [5, 5.41) is 17.8. The Morgan fingerprint density at radius 3 is 2.77 bits per heavy atom. The molecule has 0 unspecified atom stereocenters. The van der Waals surface area contributed by atoms with Crippen molar-refractivity contribution >= 4 is 15.9 Å². The summed E-state index contributed by atoms with van der Waals surface area (Å²) < 4.78 is 13.0. The first-order chi connectivity index (χ1) is 6.06. The van der Waals surface area contributed by atoms with Gasteiger partial charge in [-0.1, -0.05) is 0 Å². The Hall–Kier alpha value is -1.12. The summed E-state index contributed by atoms with van der Waals surface area (Å²) in [4.78, 5) is 0. The lowest BCUT2D eigenvalue weighted by atomic mass is 10.1. The van der Waals surface area contributed by atoms with Crippen LogP contribution < -0.4 is 5.73 Å². The molecule has 0 aliphatic rings. The van der Waals surface area contributed by atoms with Gasteiger partial charge in [-0.3, -0.25) is 0 Å². The van der Waals surface area contributed by atoms with E-state index in [2.05, 4.69) is 15.9 Å². The minimum Gasteiger partial charge on any atom is -0.506 e. The third-order valence-electron chi connectivity index (χ3n) is 1.53. The second-order valence-corrected chi connectivity index (χ2v) is 3.29. The summed E-state index contributed by atoms with van der Waals surface area (Å²) in [7, 11) is 0. The molecular weight excluding hydrogens is 239 g/mol. The number of halogens is 2. The van der Waals surface area contributed by atoms with E-state index in [-0.39, 0.29) is 15.8 Å². The van der Waals surface area contributed by atoms with Crippen molar-refractivity contribution in [1.82, 2.24) is 0 Å². The Morgan fingerprint density at radius 1 is 1.62 bits per heavy atom. The maximum absolute atomic E-state index is 12.8. The van der Waals surface area contributed by atoms with Crippen LogP contribution in [0.25, 0.3) is 0 Å². The van der Waals surface area contributed by atoms with Crippen LogP contribution in [0.1, 0.15) is 11.6 Å². The van der Waals surface area contributed by atoms with Gasteiger partial charge in [0.2, 0.25) is 0 Å². The smallest absolute Gasteiger partial charge is 0.135 e. The van der Waals surface area contributed by atoms with Crippen LogP contribution in [0.3, 0.4) is 0 Å². The Bertz CT molecular complexity index is 375. The van der Waals surface area contributed by atoms with Gasteiger partial charge in [-0.2, -0.15) is 5.26 Å². The highest BCUT2D eigenvalue weighted by atomic mass is 79.9. The van der Waals surface area contributed by atoms with Crippen LogP contribution in [0.15, 0.2) is 16.6 Å². The molecular formula is C8H6BrFN2O. The Kier molecular flexibility index (Phi) is 2.86. The van der Waals surface area contributed by atoms with Crippen LogP contribution in [0, 0.1) is 17.1 Å². The minimum atomic E-state index is -1.02. The van der Waals surface area contributed by atoms with Gasteiger partial charge in [-0.05, 0) is 28.1 Å². The second-order valence-electron chi connectivity index (χ2n) is 2.43. The number of phenolic OH excluding ortho intramolecular Hbond substituents is 1. The molecule has 3 N–H and O–H groups in total. The second kappa shape index (κ2) is 3.73. The number of phenols is 1. The number of nitriles is 1. The zero-order valence-corrected chi connectivity index (χ0v) is 8.05. The summed E-state index contributed by atoms with van der Waals surface area (Å²) in [5.41, 5.74) is 5.40. The van der Waals surface area contributed by atoms with Gasteiger partial charge >= 0.3 is 0 Å². The van der Waals surface area contributed by atoms with E-state index in [0.29, 0.717) is 0 Å². The van der Waals surface area contributed by atoms with Gasteiger partial charge in [0.25, 0.3) is 0 Å². The fourth-order valence-corrected chi connectivity index (χ4v) is 1.34. The molecule has 0 fully saturated rings. The SMILES string of the molecule is N#C[C@@H](N)c1cc(F)cc(Br)c1O. The van der Waals surface area contributed by atoms with E-state index in [1.807, 2.05) is 0 Å². The molecule has 1 aromatic carbocycles. The van der Waals surface area contributed by atoms with E-state index in [1.54, 1.807) is 6.07 Å². The Labute approximate surface area is 82.7 Å². The molecule has 0 spiro atoms. The molecule has 0 saturated carbocycles. The molecule has 0 aromatic heterocycles. The van der Waals surface area contributed by atoms with E-state index in [1.165, 1.54) is 0 Å². The fourth-order valence-electron chi connectivity index (χ4n) is 0.893. The number of hydrogen-bond acceptors (Lipinski definition) is 3. The molecule has 0 aliphatic carbocycles. The predicted molar refractivity (Wildman–Crippen MR) is 48.3 cm³/mol. The normalized spacial score (nSPS) is 12.2. The third-order valence-corrected chi connectivity index (χ3v) is 2.14. The van der Waals surface area contributed by atoms with E-state index < -0.39 is 11.9 Å². The Balaban J connectivity index is 3.30. The summed E-state index contributed by atoms with van der Waals surface area (Å²) in [6.07, 6.45) is 0. The molecule has 0 saturated heterocycles. The lowest BCUT2D eigenvalue weighted by Crippen LogP contribution is -2.07. The van der Waals surface area contributed by atoms with Crippen molar-refractivity contribution in [2.75, 3.05) is 0 Å². The standard InChI is InChI=1S/C8H6BrFN2O/c9-6-2-4(10)1-5(8(6)13)7(12)3-11/h1-2,7,13H,12H2/t7-/m1/s1. The zero-order valence-electron chi connectivity index (χ0n) is 6.46. The van der Waals surface area contributed by atoms with Gasteiger partial charge in [-0.25, -0.2) is 4.39 Å². The average Bonchev–Trinajstić information content (AvgIpc) is 2.10. The number of nitrogens with zero attached hydrogens (tertiary/aromatic N) is 1. The summed E-state index contributed by atoms with van der Waals surface area (Å²) in [5.74, 6) is -0.749. The lowest BCUT2D eigenvalue weighted by molar-refractivity contribution is 0.460. The van der Waals surface area contributed by atoms with Crippen molar-refractivity contribution in [3.63, 3.8) is 0 Å². The number of benzene rings is 1. The molecule has 1 aromatic rings. The molecule has 0 bridgehead atoms. The van der Waals surface area contributed by atoms with Gasteiger partial charge in [0.05, 0.1) is 10.5 Å². The van der Waals surface area contributed by atoms with Crippen molar-refractivity contribution in [1.29, 1.82) is 5.26 Å². The first kappa shape index (κ1) is 9.96. The van der Waals surface area contributed by atoms with Crippen LogP contribution in [0.2, 0.25) is 0 Å². The zero-order chi connectivity index (χ0) is 10.0. The van der Waals surface area contributed by atoms with Gasteiger partial charge in [0.15, 0.2) is 0 Å². The lowest BCUT2D eigenvalue weighted by Gasteiger charge is -2.07. The van der Waals surface area contributed by atoms with Gasteiger partial charge < -0.3 is 10.8 Å². The predicted octanol–water partition coefficient (Wildman–Crippen LogP) is 1.82. The molecule has 0 aliphatic heterocycles. The average molecular weight is 245 g/mol. The van der Waals surface area contributed by atoms with Gasteiger partial charge in [-0.15, -0.1) is 0 Å². The van der Waals surface area contributed by atoms with Crippen LogP contribution in [0.4, 0.5) is 4.39 Å². The maximum atomic E-state index is 12.8. The molecule has 3 nitrogen and oxygen atoms in total. The number of rotatable bonds is 1. The molecule has 5 heteroatoms. The summed E-state index contributed by atoms with van der Waals surface area (Å²) in [6.45, 7) is 0. The van der Waals surface area contributed by atoms with Crippen molar-refractivity contribution in [2.24, 2.45) is 5.73 Å². The number of aromatic hydroxyl groups is 1. The summed E-state index contributed by atoms with van der Waals surface area (Å²) >= 11 is 2.94. The molecule has 1 rings (SSSR count). The molecule has 0 amide bonds. The van der Waals surface area contributed by atoms with Crippen LogP contribution in [0.5, 0.6) is 5.75 Å². The number of hydrogen-bond donors (Lipinski definition) is 2. The molecule has 0 radical (unpaired) electrons. The summed E-state index contributed by atoms with van der Waals surface area (Å²) in [6, 6.07) is 2.82. The molecule has 1 atom stereocenters. The van der Waals surface area contributed by atoms with Crippen molar-refractivity contribution in [3.8, 4) is 11.8 Å². The van der Waals surface area contributed by atoms with Gasteiger partial charge in [0.1, 0.15) is 17.6 Å². The van der Waals surface area contributed by atoms with E-state index in [0.717, 1.165) is 12.1 Å². The topological polar surface area (TPSA) is 70.0 Å². The van der Waals surface area contributed by atoms with Crippen LogP contribution in [-0.2, 0) is 0 Å².